The molecule has 0 atom stereocenters. The fourth-order valence-electron chi connectivity index (χ4n) is 8.40. The first-order valence-electron chi connectivity index (χ1n) is 18.5. The van der Waals surface area contributed by atoms with Crippen molar-refractivity contribution >= 4 is 91.7 Å². The summed E-state index contributed by atoms with van der Waals surface area (Å²) in [6.45, 7) is 0. The molecule has 10 aromatic carbocycles. The van der Waals surface area contributed by atoms with Gasteiger partial charge in [0, 0.05) is 37.2 Å². The molecule has 54 heavy (non-hydrogen) atoms. The second kappa shape index (κ2) is 12.4. The Kier molecular flexibility index (Phi) is 7.11. The minimum absolute atomic E-state index is 1.12. The van der Waals surface area contributed by atoms with Gasteiger partial charge in [0.2, 0.25) is 0 Å². The highest BCUT2D eigenvalue weighted by molar-refractivity contribution is 7.25. The normalized spacial score (nSPS) is 11.7. The highest BCUT2D eigenvalue weighted by Crippen LogP contribution is 2.43. The predicted octanol–water partition coefficient (Wildman–Crippen LogP) is 15.5. The van der Waals surface area contributed by atoms with E-state index in [1.165, 1.54) is 85.5 Å². The third-order valence-electron chi connectivity index (χ3n) is 11.0. The van der Waals surface area contributed by atoms with Crippen LogP contribution >= 0.6 is 11.3 Å². The van der Waals surface area contributed by atoms with Crippen LogP contribution in [-0.2, 0) is 0 Å². The molecule has 252 valence electrons. The van der Waals surface area contributed by atoms with Gasteiger partial charge in [0.05, 0.1) is 0 Å². The van der Waals surface area contributed by atoms with Crippen molar-refractivity contribution in [2.24, 2.45) is 0 Å². The third-order valence-corrected chi connectivity index (χ3v) is 12.2. The number of fused-ring (bicyclic) bond motifs is 9. The van der Waals surface area contributed by atoms with Gasteiger partial charge in [0.25, 0.3) is 0 Å². The molecule has 1 heterocycles. The fourth-order valence-corrected chi connectivity index (χ4v) is 9.54. The van der Waals surface area contributed by atoms with E-state index in [1.54, 1.807) is 0 Å². The van der Waals surface area contributed by atoms with E-state index in [2.05, 4.69) is 205 Å². The summed E-state index contributed by atoms with van der Waals surface area (Å²) in [4.78, 5) is 2.41. The van der Waals surface area contributed by atoms with Crippen molar-refractivity contribution in [1.82, 2.24) is 0 Å². The topological polar surface area (TPSA) is 3.24 Å². The summed E-state index contributed by atoms with van der Waals surface area (Å²) in [6, 6.07) is 73.6. The molecule has 11 aromatic rings. The van der Waals surface area contributed by atoms with E-state index in [0.29, 0.717) is 0 Å². The Morgan fingerprint density at radius 2 is 0.852 bits per heavy atom. The molecule has 0 unspecified atom stereocenters. The van der Waals surface area contributed by atoms with Gasteiger partial charge in [0.15, 0.2) is 0 Å². The zero-order chi connectivity index (χ0) is 35.6. The maximum Gasteiger partial charge on any atom is 0.0476 e. The van der Waals surface area contributed by atoms with Gasteiger partial charge in [-0.15, -0.1) is 11.3 Å². The summed E-state index contributed by atoms with van der Waals surface area (Å²) >= 11 is 1.86. The Morgan fingerprint density at radius 3 is 1.70 bits per heavy atom. The minimum Gasteiger partial charge on any atom is -0.310 e. The maximum atomic E-state index is 2.41. The molecule has 1 nitrogen and oxygen atoms in total. The monoisotopic (exact) mass is 703 g/mol. The van der Waals surface area contributed by atoms with E-state index in [0.717, 1.165) is 17.1 Å². The van der Waals surface area contributed by atoms with Crippen molar-refractivity contribution in [2.75, 3.05) is 4.90 Å². The lowest BCUT2D eigenvalue weighted by atomic mass is 9.94. The Morgan fingerprint density at radius 1 is 0.278 bits per heavy atom. The highest BCUT2D eigenvalue weighted by atomic mass is 32.1. The number of hydrogen-bond donors (Lipinski definition) is 0. The lowest BCUT2D eigenvalue weighted by molar-refractivity contribution is 1.29. The van der Waals surface area contributed by atoms with Crippen molar-refractivity contribution in [2.45, 2.75) is 0 Å². The summed E-state index contributed by atoms with van der Waals surface area (Å²) in [5, 5.41) is 12.8. The molecule has 0 aliphatic carbocycles. The van der Waals surface area contributed by atoms with Crippen LogP contribution in [-0.4, -0.2) is 0 Å². The maximum absolute atomic E-state index is 2.41. The SMILES string of the molecule is c1cc(-c2cccc3c2ccc2ccccc23)cc(N(c2ccc(-c3ccc4c(ccc5ccccc54)c3)cc2)c2ccc3c(c2)sc2ccccc23)c1. The molecule has 1 aromatic heterocycles. The smallest absolute Gasteiger partial charge is 0.0476 e. The summed E-state index contributed by atoms with van der Waals surface area (Å²) in [7, 11) is 0. The Hall–Kier alpha value is -6.74. The fraction of sp³-hybridized carbons (Fsp3) is 0. The van der Waals surface area contributed by atoms with E-state index < -0.39 is 0 Å². The first kappa shape index (κ1) is 30.8. The van der Waals surface area contributed by atoms with Crippen molar-refractivity contribution < 1.29 is 0 Å². The number of thiophene rings is 1. The van der Waals surface area contributed by atoms with Crippen LogP contribution in [0.25, 0.3) is 85.5 Å². The van der Waals surface area contributed by atoms with E-state index in [9.17, 15) is 0 Å². The molecule has 0 aliphatic heterocycles. The predicted molar refractivity (Wildman–Crippen MR) is 235 cm³/mol. The van der Waals surface area contributed by atoms with Crippen LogP contribution in [0.1, 0.15) is 0 Å². The molecular weight excluding hydrogens is 671 g/mol. The third kappa shape index (κ3) is 5.07. The largest absolute Gasteiger partial charge is 0.310 e. The summed E-state index contributed by atoms with van der Waals surface area (Å²) in [5.74, 6) is 0. The van der Waals surface area contributed by atoms with E-state index in [1.807, 2.05) is 11.3 Å². The van der Waals surface area contributed by atoms with Gasteiger partial charge < -0.3 is 4.90 Å². The van der Waals surface area contributed by atoms with Crippen molar-refractivity contribution in [1.29, 1.82) is 0 Å². The zero-order valence-electron chi connectivity index (χ0n) is 29.4. The lowest BCUT2D eigenvalue weighted by Gasteiger charge is -2.26. The van der Waals surface area contributed by atoms with Crippen molar-refractivity contribution in [3.63, 3.8) is 0 Å². The van der Waals surface area contributed by atoms with E-state index in [-0.39, 0.29) is 0 Å². The van der Waals surface area contributed by atoms with Crippen molar-refractivity contribution in [3.8, 4) is 22.3 Å². The van der Waals surface area contributed by atoms with Gasteiger partial charge in [-0.3, -0.25) is 0 Å². The average molecular weight is 704 g/mol. The summed E-state index contributed by atoms with van der Waals surface area (Å²) < 4.78 is 2.60. The quantitative estimate of drug-likeness (QED) is 0.161. The van der Waals surface area contributed by atoms with Gasteiger partial charge in [-0.25, -0.2) is 0 Å². The van der Waals surface area contributed by atoms with E-state index in [4.69, 9.17) is 0 Å². The van der Waals surface area contributed by atoms with Gasteiger partial charge in [-0.05, 0) is 114 Å². The molecule has 0 radical (unpaired) electrons. The number of benzene rings is 10. The minimum atomic E-state index is 1.12. The summed E-state index contributed by atoms with van der Waals surface area (Å²) in [5.41, 5.74) is 8.23. The van der Waals surface area contributed by atoms with Crippen LogP contribution in [0, 0.1) is 0 Å². The lowest BCUT2D eigenvalue weighted by Crippen LogP contribution is -2.10. The molecule has 0 aliphatic rings. The zero-order valence-corrected chi connectivity index (χ0v) is 30.2. The second-order valence-corrected chi connectivity index (χ2v) is 15.2. The molecule has 0 amide bonds. The van der Waals surface area contributed by atoms with Crippen LogP contribution in [0.3, 0.4) is 0 Å². The first-order chi connectivity index (χ1) is 26.7. The standard InChI is InChI=1S/C52H33NS/c1-3-13-43-35(9-1)19-20-39-31-37(24-28-46(39)43)34-21-25-40(26-22-34)53(42-27-30-50-49-15-5-6-18-51(49)54-52(50)33-42)41-12-7-11-38(32-41)45-16-8-17-47-44-14-4-2-10-36(44)23-29-48(45)47/h1-33H. The number of hydrogen-bond acceptors (Lipinski definition) is 2. The van der Waals surface area contributed by atoms with Gasteiger partial charge in [-0.1, -0.05) is 152 Å². The second-order valence-electron chi connectivity index (χ2n) is 14.1. The number of nitrogens with zero attached hydrogens (tertiary/aromatic N) is 1. The highest BCUT2D eigenvalue weighted by Gasteiger charge is 2.17. The van der Waals surface area contributed by atoms with Crippen LogP contribution in [0.4, 0.5) is 17.1 Å². The number of anilines is 3. The van der Waals surface area contributed by atoms with Gasteiger partial charge in [0.1, 0.15) is 0 Å². The molecule has 0 saturated carbocycles. The average Bonchev–Trinajstić information content (AvgIpc) is 3.61. The Balaban J connectivity index is 1.04. The summed E-state index contributed by atoms with van der Waals surface area (Å²) in [6.07, 6.45) is 0. The van der Waals surface area contributed by atoms with Gasteiger partial charge >= 0.3 is 0 Å². The van der Waals surface area contributed by atoms with Crippen LogP contribution < -0.4 is 4.90 Å². The van der Waals surface area contributed by atoms with Crippen LogP contribution in [0.2, 0.25) is 0 Å². The molecule has 0 bridgehead atoms. The molecule has 2 heteroatoms. The Bertz CT molecular complexity index is 3230. The molecule has 11 rings (SSSR count). The Labute approximate surface area is 317 Å². The van der Waals surface area contributed by atoms with Gasteiger partial charge in [-0.2, -0.15) is 0 Å². The van der Waals surface area contributed by atoms with Crippen molar-refractivity contribution in [3.05, 3.63) is 200 Å². The molecular formula is C52H33NS. The first-order valence-corrected chi connectivity index (χ1v) is 19.3. The van der Waals surface area contributed by atoms with Crippen LogP contribution in [0.5, 0.6) is 0 Å². The molecule has 0 fully saturated rings. The molecule has 0 spiro atoms. The molecule has 0 N–H and O–H groups in total. The van der Waals surface area contributed by atoms with E-state index >= 15 is 0 Å². The number of rotatable bonds is 5. The molecule has 0 saturated heterocycles. The van der Waals surface area contributed by atoms with Crippen LogP contribution in [0.15, 0.2) is 200 Å².